The first-order valence-electron chi connectivity index (χ1n) is 14.8. The van der Waals surface area contributed by atoms with Crippen LogP contribution in [0.4, 0.5) is 0 Å². The third-order valence-electron chi connectivity index (χ3n) is 6.43. The van der Waals surface area contributed by atoms with E-state index < -0.39 is 79.4 Å². The van der Waals surface area contributed by atoms with Crippen molar-refractivity contribution in [1.82, 2.24) is 10.0 Å². The second-order valence-electron chi connectivity index (χ2n) is 10.6. The molecule has 0 bridgehead atoms. The number of nitrogens with one attached hydrogen (secondary N) is 2. The molecular weight excluding hydrogens is 656 g/mol. The van der Waals surface area contributed by atoms with Gasteiger partial charge in [0.05, 0.1) is 43.2 Å². The number of hydrogen-bond acceptors (Lipinski definition) is 12. The van der Waals surface area contributed by atoms with Crippen molar-refractivity contribution in [3.05, 3.63) is 0 Å². The summed E-state index contributed by atoms with van der Waals surface area (Å²) in [6, 6.07) is 0. The highest BCUT2D eigenvalue weighted by atomic mass is 32.2. The van der Waals surface area contributed by atoms with Crippen molar-refractivity contribution >= 4 is 55.5 Å². The number of carboxylic acid groups (broad SMARTS) is 2. The number of carbonyl (C=O) groups is 6. The number of carboxylic acids is 2. The van der Waals surface area contributed by atoms with Crippen LogP contribution in [0.2, 0.25) is 0 Å². The molecule has 0 spiro atoms. The van der Waals surface area contributed by atoms with Crippen molar-refractivity contribution in [3.8, 4) is 0 Å². The minimum Gasteiger partial charge on any atom is -0.481 e. The molecule has 0 rings (SSSR count). The van der Waals surface area contributed by atoms with E-state index in [1.54, 1.807) is 4.72 Å². The molecule has 0 aromatic heterocycles. The number of ketones is 2. The zero-order valence-corrected chi connectivity index (χ0v) is 27.6. The fraction of sp³-hybridized carbons (Fsp3) is 0.778. The summed E-state index contributed by atoms with van der Waals surface area (Å²) in [5.41, 5.74) is 0. The summed E-state index contributed by atoms with van der Waals surface area (Å²) in [5.74, 6) is -7.45. The summed E-state index contributed by atoms with van der Waals surface area (Å²) in [6.07, 6.45) is -0.0561. The van der Waals surface area contributed by atoms with Crippen LogP contribution in [0.15, 0.2) is 0 Å². The van der Waals surface area contributed by atoms with Gasteiger partial charge in [0.25, 0.3) is 10.1 Å². The number of carbonyl (C=O) groups excluding carboxylic acids is 4. The maximum Gasteiger partial charge on any atom is 0.306 e. The van der Waals surface area contributed by atoms with Crippen LogP contribution in [-0.2, 0) is 58.4 Å². The Bertz CT molecular complexity index is 1220. The molecule has 19 heteroatoms. The molecule has 266 valence electrons. The molecule has 0 unspecified atom stereocenters. The predicted molar refractivity (Wildman–Crippen MR) is 162 cm³/mol. The number of ether oxygens (including phenoxy) is 2. The monoisotopic (exact) mass is 702 g/mol. The SMILES string of the molecule is CCCC(=O)CC[C@@H](CC[C@H](CC(=O)COCCOCCNC(=O)CCCS(=O)(=O)NC(=O)CCCS(=O)(=O)O)C(=O)O)C(=O)O. The van der Waals surface area contributed by atoms with E-state index in [1.807, 2.05) is 6.92 Å². The first-order valence-corrected chi connectivity index (χ1v) is 18.1. The molecule has 0 aromatic carbocycles. The van der Waals surface area contributed by atoms with Gasteiger partial charge in [0, 0.05) is 38.6 Å². The molecule has 0 fully saturated rings. The lowest BCUT2D eigenvalue weighted by molar-refractivity contribution is -0.146. The van der Waals surface area contributed by atoms with Crippen molar-refractivity contribution in [1.29, 1.82) is 0 Å². The summed E-state index contributed by atoms with van der Waals surface area (Å²) in [4.78, 5) is 70.4. The van der Waals surface area contributed by atoms with Crippen LogP contribution >= 0.6 is 0 Å². The van der Waals surface area contributed by atoms with Gasteiger partial charge < -0.3 is 25.0 Å². The van der Waals surface area contributed by atoms with Gasteiger partial charge in [-0.3, -0.25) is 38.0 Å². The zero-order chi connectivity index (χ0) is 35.2. The lowest BCUT2D eigenvalue weighted by atomic mass is 9.89. The Balaban J connectivity index is 4.11. The summed E-state index contributed by atoms with van der Waals surface area (Å²) < 4.78 is 65.8. The number of hydrogen-bond donors (Lipinski definition) is 5. The van der Waals surface area contributed by atoms with Crippen LogP contribution in [0.3, 0.4) is 0 Å². The first-order chi connectivity index (χ1) is 21.5. The van der Waals surface area contributed by atoms with Gasteiger partial charge in [0.2, 0.25) is 21.8 Å². The molecule has 0 aromatic rings. The molecule has 5 N–H and O–H groups in total. The maximum absolute atomic E-state index is 12.2. The predicted octanol–water partition coefficient (Wildman–Crippen LogP) is 0.320. The minimum atomic E-state index is -4.26. The van der Waals surface area contributed by atoms with Crippen LogP contribution in [0.5, 0.6) is 0 Å². The van der Waals surface area contributed by atoms with Crippen molar-refractivity contribution in [2.75, 3.05) is 44.5 Å². The van der Waals surface area contributed by atoms with Crippen LogP contribution < -0.4 is 10.0 Å². The van der Waals surface area contributed by atoms with Crippen LogP contribution in [0, 0.1) is 11.8 Å². The average molecular weight is 703 g/mol. The molecule has 17 nitrogen and oxygen atoms in total. The number of sulfonamides is 1. The van der Waals surface area contributed by atoms with Gasteiger partial charge in [-0.2, -0.15) is 8.42 Å². The first kappa shape index (κ1) is 43.0. The number of rotatable bonds is 29. The quantitative estimate of drug-likeness (QED) is 0.0519. The lowest BCUT2D eigenvalue weighted by Crippen LogP contribution is -2.33. The number of amides is 2. The number of aliphatic carboxylic acids is 2. The Kier molecular flexibility index (Phi) is 21.8. The third-order valence-corrected chi connectivity index (χ3v) is 8.60. The van der Waals surface area contributed by atoms with Crippen molar-refractivity contribution in [2.45, 2.75) is 77.6 Å². The zero-order valence-electron chi connectivity index (χ0n) is 25.9. The third kappa shape index (κ3) is 24.3. The molecule has 0 heterocycles. The topological polar surface area (TPSA) is 274 Å². The Morgan fingerprint density at radius 3 is 1.89 bits per heavy atom. The maximum atomic E-state index is 12.2. The molecule has 0 aliphatic rings. The van der Waals surface area contributed by atoms with Crippen molar-refractivity contribution in [3.63, 3.8) is 0 Å². The smallest absolute Gasteiger partial charge is 0.306 e. The summed E-state index contributed by atoms with van der Waals surface area (Å²) in [6.45, 7) is 1.71. The van der Waals surface area contributed by atoms with E-state index in [2.05, 4.69) is 5.32 Å². The fourth-order valence-corrected chi connectivity index (χ4v) is 5.63. The highest BCUT2D eigenvalue weighted by Gasteiger charge is 2.26. The highest BCUT2D eigenvalue weighted by molar-refractivity contribution is 7.90. The van der Waals surface area contributed by atoms with Crippen LogP contribution in [0.25, 0.3) is 0 Å². The van der Waals surface area contributed by atoms with E-state index in [0.29, 0.717) is 12.8 Å². The Morgan fingerprint density at radius 2 is 1.28 bits per heavy atom. The Morgan fingerprint density at radius 1 is 0.696 bits per heavy atom. The molecule has 46 heavy (non-hydrogen) atoms. The highest BCUT2D eigenvalue weighted by Crippen LogP contribution is 2.21. The minimum absolute atomic E-state index is 0.00366. The van der Waals surface area contributed by atoms with Crippen LogP contribution in [0.1, 0.15) is 77.6 Å². The van der Waals surface area contributed by atoms with Gasteiger partial charge in [-0.25, -0.2) is 8.42 Å². The largest absolute Gasteiger partial charge is 0.481 e. The molecule has 2 amide bonds. The fourth-order valence-electron chi connectivity index (χ4n) is 4.05. The molecule has 0 radical (unpaired) electrons. The van der Waals surface area contributed by atoms with Crippen LogP contribution in [-0.4, -0.2) is 111 Å². The number of Topliss-reactive ketones (excluding diaryl/α,β-unsaturated/α-hetero) is 2. The van der Waals surface area contributed by atoms with E-state index in [1.165, 1.54) is 0 Å². The molecule has 2 atom stereocenters. The van der Waals surface area contributed by atoms with Gasteiger partial charge in [-0.1, -0.05) is 6.92 Å². The lowest BCUT2D eigenvalue weighted by Gasteiger charge is -2.16. The van der Waals surface area contributed by atoms with E-state index in [4.69, 9.17) is 14.0 Å². The summed E-state index contributed by atoms with van der Waals surface area (Å²) in [7, 11) is -8.29. The van der Waals surface area contributed by atoms with Gasteiger partial charge in [-0.05, 0) is 38.5 Å². The molecule has 0 aliphatic heterocycles. The average Bonchev–Trinajstić information content (AvgIpc) is 2.92. The van der Waals surface area contributed by atoms with Crippen molar-refractivity contribution in [2.24, 2.45) is 11.8 Å². The van der Waals surface area contributed by atoms with Gasteiger partial charge >= 0.3 is 11.9 Å². The standard InChI is InChI=1S/C27H46N2O15S2/c1-2-5-22(30)11-10-20(26(34)35)8-9-21(27(36)37)18-23(31)19-44-15-14-43-13-12-28-24(32)6-3-16-45(38,39)29-25(33)7-4-17-46(40,41)42/h20-21H,2-19H2,1H3,(H,28,32)(H,29,33)(H,34,35)(H,36,37)(H,40,41,42)/t20-,21-/m1/s1. The van der Waals surface area contributed by atoms with Crippen molar-refractivity contribution < 1.29 is 69.8 Å². The van der Waals surface area contributed by atoms with Gasteiger partial charge in [0.15, 0.2) is 5.78 Å². The van der Waals surface area contributed by atoms with E-state index >= 15 is 0 Å². The molecular formula is C27H46N2O15S2. The molecule has 0 aliphatic carbocycles. The summed E-state index contributed by atoms with van der Waals surface area (Å²) in [5, 5.41) is 21.3. The Labute approximate surface area is 269 Å². The second-order valence-corrected chi connectivity index (χ2v) is 14.0. The summed E-state index contributed by atoms with van der Waals surface area (Å²) >= 11 is 0. The van der Waals surface area contributed by atoms with E-state index in [9.17, 15) is 55.8 Å². The molecule has 0 saturated heterocycles. The second kappa shape index (κ2) is 23.3. The van der Waals surface area contributed by atoms with Gasteiger partial charge in [0.1, 0.15) is 12.4 Å². The van der Waals surface area contributed by atoms with E-state index in [0.717, 1.165) is 0 Å². The molecule has 0 saturated carbocycles. The normalized spacial score (nSPS) is 13.0. The Hall–Kier alpha value is -3.00. The van der Waals surface area contributed by atoms with E-state index in [-0.39, 0.29) is 90.1 Å². The van der Waals surface area contributed by atoms with Gasteiger partial charge in [-0.15, -0.1) is 0 Å².